The van der Waals surface area contributed by atoms with E-state index in [-0.39, 0.29) is 11.7 Å². The molecule has 0 radical (unpaired) electrons. The van der Waals surface area contributed by atoms with Gasteiger partial charge in [0.25, 0.3) is 0 Å². The van der Waals surface area contributed by atoms with E-state index in [9.17, 15) is 4.79 Å². The predicted molar refractivity (Wildman–Crippen MR) is 59.7 cm³/mol. The van der Waals surface area contributed by atoms with Crippen molar-refractivity contribution in [1.82, 2.24) is 4.90 Å². The first-order valence-corrected chi connectivity index (χ1v) is 5.25. The van der Waals surface area contributed by atoms with Crippen LogP contribution in [0.3, 0.4) is 0 Å². The molecule has 0 unspecified atom stereocenters. The molecule has 0 aromatic carbocycles. The Balaban J connectivity index is 4.07. The van der Waals surface area contributed by atoms with Crippen molar-refractivity contribution in [3.05, 3.63) is 0 Å². The fourth-order valence-electron chi connectivity index (χ4n) is 1.24. The first-order valence-electron chi connectivity index (χ1n) is 5.25. The highest BCUT2D eigenvalue weighted by atomic mass is 16.4. The summed E-state index contributed by atoms with van der Waals surface area (Å²) in [6.45, 7) is 7.11. The summed E-state index contributed by atoms with van der Waals surface area (Å²) in [5.41, 5.74) is 5.34. The van der Waals surface area contributed by atoms with Crippen molar-refractivity contribution in [3.63, 3.8) is 0 Å². The molecule has 88 valence electrons. The molecule has 1 amide bonds. The molecule has 0 rings (SSSR count). The van der Waals surface area contributed by atoms with Gasteiger partial charge < -0.3 is 15.8 Å². The molecule has 0 saturated heterocycles. The molecule has 0 aromatic rings. The normalized spacial score (nSPS) is 11.9. The van der Waals surface area contributed by atoms with Gasteiger partial charge in [0.1, 0.15) is 5.84 Å². The number of carbonyl (C=O) groups is 1. The Kier molecular flexibility index (Phi) is 6.49. The van der Waals surface area contributed by atoms with Gasteiger partial charge in [-0.25, -0.2) is 0 Å². The van der Waals surface area contributed by atoms with Gasteiger partial charge >= 0.3 is 0 Å². The van der Waals surface area contributed by atoms with Crippen LogP contribution in [-0.4, -0.2) is 34.9 Å². The lowest BCUT2D eigenvalue weighted by Crippen LogP contribution is -2.34. The number of hydrogen-bond acceptors (Lipinski definition) is 3. The van der Waals surface area contributed by atoms with E-state index in [1.54, 1.807) is 4.90 Å². The number of nitrogens with zero attached hydrogens (tertiary/aromatic N) is 2. The maximum Gasteiger partial charge on any atom is 0.222 e. The summed E-state index contributed by atoms with van der Waals surface area (Å²) >= 11 is 0. The Bertz CT molecular complexity index is 227. The van der Waals surface area contributed by atoms with Gasteiger partial charge in [0, 0.05) is 25.9 Å². The molecular weight excluding hydrogens is 194 g/mol. The third-order valence-corrected chi connectivity index (χ3v) is 2.08. The Hall–Kier alpha value is -1.26. The quantitative estimate of drug-likeness (QED) is 0.300. The van der Waals surface area contributed by atoms with Crippen LogP contribution in [-0.2, 0) is 4.79 Å². The van der Waals surface area contributed by atoms with E-state index in [1.165, 1.54) is 0 Å². The molecule has 0 aliphatic carbocycles. The van der Waals surface area contributed by atoms with Gasteiger partial charge in [-0.05, 0) is 12.8 Å². The van der Waals surface area contributed by atoms with Crippen LogP contribution >= 0.6 is 0 Å². The summed E-state index contributed by atoms with van der Waals surface area (Å²) < 4.78 is 0. The fourth-order valence-corrected chi connectivity index (χ4v) is 1.24. The van der Waals surface area contributed by atoms with E-state index in [0.717, 1.165) is 0 Å². The molecule has 0 saturated carbocycles. The Morgan fingerprint density at radius 1 is 1.53 bits per heavy atom. The average Bonchev–Trinajstić information content (AvgIpc) is 2.17. The molecule has 0 heterocycles. The number of oxime groups is 1. The van der Waals surface area contributed by atoms with Crippen molar-refractivity contribution >= 4 is 11.7 Å². The van der Waals surface area contributed by atoms with Crippen LogP contribution in [0.2, 0.25) is 0 Å². The van der Waals surface area contributed by atoms with Crippen LogP contribution in [0.1, 0.15) is 33.6 Å². The largest absolute Gasteiger partial charge is 0.409 e. The Morgan fingerprint density at radius 3 is 2.53 bits per heavy atom. The maximum absolute atomic E-state index is 11.7. The minimum absolute atomic E-state index is 0.123. The van der Waals surface area contributed by atoms with Gasteiger partial charge in [-0.15, -0.1) is 0 Å². The Labute approximate surface area is 90.9 Å². The van der Waals surface area contributed by atoms with Crippen LogP contribution < -0.4 is 5.73 Å². The summed E-state index contributed by atoms with van der Waals surface area (Å²) in [6, 6.07) is 0. The summed E-state index contributed by atoms with van der Waals surface area (Å²) in [6.07, 6.45) is 0.957. The summed E-state index contributed by atoms with van der Waals surface area (Å²) in [4.78, 5) is 13.4. The monoisotopic (exact) mass is 215 g/mol. The van der Waals surface area contributed by atoms with Crippen LogP contribution in [0.4, 0.5) is 0 Å². The highest BCUT2D eigenvalue weighted by molar-refractivity contribution is 5.81. The van der Waals surface area contributed by atoms with Crippen molar-refractivity contribution in [2.45, 2.75) is 33.6 Å². The lowest BCUT2D eigenvalue weighted by Gasteiger charge is -2.21. The molecule has 0 fully saturated rings. The lowest BCUT2D eigenvalue weighted by molar-refractivity contribution is -0.131. The Morgan fingerprint density at radius 2 is 2.13 bits per heavy atom. The van der Waals surface area contributed by atoms with Crippen LogP contribution in [0.25, 0.3) is 0 Å². The van der Waals surface area contributed by atoms with Crippen LogP contribution in [0.15, 0.2) is 5.16 Å². The number of amides is 1. The summed E-state index contributed by atoms with van der Waals surface area (Å²) in [5, 5.41) is 11.2. The van der Waals surface area contributed by atoms with Gasteiger partial charge in [0.05, 0.1) is 0 Å². The highest BCUT2D eigenvalue weighted by Crippen LogP contribution is 2.04. The van der Waals surface area contributed by atoms with Crippen LogP contribution in [0.5, 0.6) is 0 Å². The van der Waals surface area contributed by atoms with Gasteiger partial charge in [-0.2, -0.15) is 0 Å². The van der Waals surface area contributed by atoms with E-state index in [1.807, 2.05) is 20.8 Å². The summed E-state index contributed by atoms with van der Waals surface area (Å²) in [5.74, 6) is 0.638. The van der Waals surface area contributed by atoms with E-state index in [4.69, 9.17) is 10.9 Å². The zero-order valence-corrected chi connectivity index (χ0v) is 9.73. The van der Waals surface area contributed by atoms with Gasteiger partial charge in [-0.1, -0.05) is 19.0 Å². The lowest BCUT2D eigenvalue weighted by atomic mass is 10.1. The minimum Gasteiger partial charge on any atom is -0.409 e. The number of amidine groups is 1. The maximum atomic E-state index is 11.7. The van der Waals surface area contributed by atoms with E-state index >= 15 is 0 Å². The SMILES string of the molecule is CCN(CCC(N)=NO)C(=O)CC(C)C. The first-order chi connectivity index (χ1) is 7.01. The molecule has 0 aliphatic heterocycles. The van der Waals surface area contributed by atoms with Crippen molar-refractivity contribution in [2.24, 2.45) is 16.8 Å². The molecular formula is C10H21N3O2. The molecule has 0 atom stereocenters. The molecule has 0 bridgehead atoms. The molecule has 15 heavy (non-hydrogen) atoms. The average molecular weight is 215 g/mol. The van der Waals surface area contributed by atoms with Crippen LogP contribution in [0, 0.1) is 5.92 Å². The van der Waals surface area contributed by atoms with Crippen molar-refractivity contribution in [1.29, 1.82) is 0 Å². The number of rotatable bonds is 6. The molecule has 0 aliphatic rings. The van der Waals surface area contributed by atoms with Gasteiger partial charge in [0.2, 0.25) is 5.91 Å². The van der Waals surface area contributed by atoms with E-state index in [2.05, 4.69) is 5.16 Å². The van der Waals surface area contributed by atoms with Gasteiger partial charge in [0.15, 0.2) is 0 Å². The summed E-state index contributed by atoms with van der Waals surface area (Å²) in [7, 11) is 0. The third kappa shape index (κ3) is 5.93. The second-order valence-electron chi connectivity index (χ2n) is 3.91. The first kappa shape index (κ1) is 13.7. The standard InChI is InChI=1S/C10H21N3O2/c1-4-13(6-5-9(11)12-15)10(14)7-8(2)3/h8,15H,4-7H2,1-3H3,(H2,11,12). The molecule has 0 aromatic heterocycles. The van der Waals surface area contributed by atoms with Gasteiger partial charge in [-0.3, -0.25) is 4.79 Å². The molecule has 3 N–H and O–H groups in total. The minimum atomic E-state index is 0.123. The second kappa shape index (κ2) is 7.09. The van der Waals surface area contributed by atoms with E-state index < -0.39 is 0 Å². The number of carbonyl (C=O) groups excluding carboxylic acids is 1. The molecule has 5 heteroatoms. The molecule has 5 nitrogen and oxygen atoms in total. The van der Waals surface area contributed by atoms with Crippen molar-refractivity contribution in [2.75, 3.05) is 13.1 Å². The smallest absolute Gasteiger partial charge is 0.222 e. The zero-order chi connectivity index (χ0) is 11.8. The van der Waals surface area contributed by atoms with E-state index in [0.29, 0.717) is 31.8 Å². The highest BCUT2D eigenvalue weighted by Gasteiger charge is 2.13. The number of nitrogens with two attached hydrogens (primary N) is 1. The van der Waals surface area contributed by atoms with Crippen molar-refractivity contribution in [3.8, 4) is 0 Å². The second-order valence-corrected chi connectivity index (χ2v) is 3.91. The zero-order valence-electron chi connectivity index (χ0n) is 9.73. The topological polar surface area (TPSA) is 78.9 Å². The van der Waals surface area contributed by atoms with Crippen molar-refractivity contribution < 1.29 is 10.0 Å². The fraction of sp³-hybridized carbons (Fsp3) is 0.800. The number of hydrogen-bond donors (Lipinski definition) is 2. The molecule has 0 spiro atoms. The third-order valence-electron chi connectivity index (χ3n) is 2.08. The predicted octanol–water partition coefficient (Wildman–Crippen LogP) is 1.02.